The van der Waals surface area contributed by atoms with Gasteiger partial charge in [0, 0.05) is 0 Å². The number of nitrogens with zero attached hydrogens (tertiary/aromatic N) is 3. The molecule has 11 heavy (non-hydrogen) atoms. The summed E-state index contributed by atoms with van der Waals surface area (Å²) in [5, 5.41) is 32.8. The van der Waals surface area contributed by atoms with Gasteiger partial charge in [-0.05, 0) is 0 Å². The van der Waals surface area contributed by atoms with E-state index in [9.17, 15) is 0 Å². The van der Waals surface area contributed by atoms with E-state index in [1.807, 2.05) is 0 Å². The van der Waals surface area contributed by atoms with E-state index in [0.717, 1.165) is 10.7 Å². The fourth-order valence-corrected chi connectivity index (χ4v) is 0. The van der Waals surface area contributed by atoms with Crippen LogP contribution in [-0.4, -0.2) is 5.09 Å². The SMILES string of the molecule is O=N[O-].O=N[O-].O=[N+]([O-])[O-].[K+]. The van der Waals surface area contributed by atoms with Crippen LogP contribution in [0.25, 0.3) is 0 Å². The minimum atomic E-state index is -1.75. The van der Waals surface area contributed by atoms with Crippen LogP contribution in [0.3, 0.4) is 0 Å². The molecule has 0 aliphatic heterocycles. The summed E-state index contributed by atoms with van der Waals surface area (Å²) in [7, 11) is 0. The molecule has 0 unspecified atom stereocenters. The molecule has 0 saturated heterocycles. The zero-order valence-electron chi connectivity index (χ0n) is 5.20. The van der Waals surface area contributed by atoms with Crippen molar-refractivity contribution in [3.8, 4) is 0 Å². The summed E-state index contributed by atoms with van der Waals surface area (Å²) in [5.41, 5.74) is 0. The molecule has 10 nitrogen and oxygen atoms in total. The molecule has 0 N–H and O–H groups in total. The van der Waals surface area contributed by atoms with Gasteiger partial charge in [0.05, 0.1) is 5.09 Å². The molecule has 0 rings (SSSR count). The molecule has 0 aromatic rings. The molecular formula is KN3O7-2. The fourth-order valence-electron chi connectivity index (χ4n) is 0. The standard InChI is InChI=1S/K.NO3.2HNO2/c;2-1(3)4;2*2-1-3/h;;2*(H,2,3)/q+1;-1;;/p-2. The summed E-state index contributed by atoms with van der Waals surface area (Å²) in [6.07, 6.45) is 0. The average Bonchev–Trinajstić information content (AvgIpc) is 1.65. The Bertz CT molecular complexity index is 81.7. The zero-order chi connectivity index (χ0) is 8.99. The summed E-state index contributed by atoms with van der Waals surface area (Å²) >= 11 is 0. The molecule has 0 saturated carbocycles. The molecule has 0 aromatic carbocycles. The van der Waals surface area contributed by atoms with Crippen LogP contribution in [-0.2, 0) is 0 Å². The number of rotatable bonds is 0. The summed E-state index contributed by atoms with van der Waals surface area (Å²) in [5.74, 6) is 0. The Labute approximate surface area is 102 Å². The van der Waals surface area contributed by atoms with Crippen molar-refractivity contribution < 1.29 is 56.5 Å². The van der Waals surface area contributed by atoms with Crippen LogP contribution in [0.5, 0.6) is 0 Å². The first kappa shape index (κ1) is 22.4. The van der Waals surface area contributed by atoms with E-state index < -0.39 is 5.09 Å². The van der Waals surface area contributed by atoms with Gasteiger partial charge in [-0.3, -0.25) is 0 Å². The summed E-state index contributed by atoms with van der Waals surface area (Å²) in [6, 6.07) is 0. The molecule has 0 spiro atoms. The van der Waals surface area contributed by atoms with Crippen LogP contribution in [0.4, 0.5) is 0 Å². The van der Waals surface area contributed by atoms with E-state index in [-0.39, 0.29) is 51.4 Å². The molecule has 0 fully saturated rings. The van der Waals surface area contributed by atoms with Gasteiger partial charge in [0.15, 0.2) is 0 Å². The van der Waals surface area contributed by atoms with Crippen molar-refractivity contribution in [1.82, 2.24) is 0 Å². The van der Waals surface area contributed by atoms with Gasteiger partial charge in [-0.25, -0.2) is 0 Å². The average molecular weight is 193 g/mol. The Morgan fingerprint density at radius 3 is 1.00 bits per heavy atom. The second-order valence-electron chi connectivity index (χ2n) is 0.373. The van der Waals surface area contributed by atoms with Crippen molar-refractivity contribution in [3.63, 3.8) is 0 Å². The van der Waals surface area contributed by atoms with E-state index in [4.69, 9.17) is 35.6 Å². The van der Waals surface area contributed by atoms with E-state index in [0.29, 0.717) is 0 Å². The van der Waals surface area contributed by atoms with Gasteiger partial charge < -0.3 is 35.6 Å². The predicted molar refractivity (Wildman–Crippen MR) is 28.7 cm³/mol. The Hall–Kier alpha value is -0.364. The molecule has 0 amide bonds. The van der Waals surface area contributed by atoms with Gasteiger partial charge in [0.1, 0.15) is 0 Å². The summed E-state index contributed by atoms with van der Waals surface area (Å²) < 4.78 is 0. The third-order valence-corrected chi connectivity index (χ3v) is 0. The van der Waals surface area contributed by atoms with Crippen molar-refractivity contribution in [2.45, 2.75) is 0 Å². The first-order valence-corrected chi connectivity index (χ1v) is 1.28. The maximum atomic E-state index is 8.25. The minimum absolute atomic E-state index is 0. The van der Waals surface area contributed by atoms with Crippen LogP contribution in [0, 0.1) is 35.6 Å². The topological polar surface area (TPSA) is 171 Å². The number of hydrogen-bond acceptors (Lipinski definition) is 9. The normalized spacial score (nSPS) is 4.36. The molecule has 0 bridgehead atoms. The van der Waals surface area contributed by atoms with Gasteiger partial charge >= 0.3 is 51.4 Å². The van der Waals surface area contributed by atoms with Gasteiger partial charge in [-0.1, -0.05) is 0 Å². The third kappa shape index (κ3) is 4250. The maximum Gasteiger partial charge on any atom is 1.00 e. The Balaban J connectivity index is -0.0000000325. The van der Waals surface area contributed by atoms with Crippen molar-refractivity contribution in [1.29, 1.82) is 0 Å². The van der Waals surface area contributed by atoms with Gasteiger partial charge in [0.2, 0.25) is 0 Å². The molecule has 0 aromatic heterocycles. The van der Waals surface area contributed by atoms with E-state index in [1.165, 1.54) is 0 Å². The Morgan fingerprint density at radius 1 is 1.00 bits per heavy atom. The second kappa shape index (κ2) is 33.4. The molecule has 0 heterocycles. The molecule has 0 atom stereocenters. The second-order valence-corrected chi connectivity index (χ2v) is 0.373. The zero-order valence-corrected chi connectivity index (χ0v) is 8.32. The number of hydrogen-bond donors (Lipinski definition) is 0. The molecule has 0 aliphatic carbocycles. The maximum absolute atomic E-state index is 8.25. The first-order valence-electron chi connectivity index (χ1n) is 1.28. The van der Waals surface area contributed by atoms with E-state index in [1.54, 1.807) is 0 Å². The molecular weight excluding hydrogens is 193 g/mol. The molecule has 11 heteroatoms. The fraction of sp³-hybridized carbons (Fsp3) is 0. The third-order valence-electron chi connectivity index (χ3n) is 0. The Kier molecular flexibility index (Phi) is 68.2. The van der Waals surface area contributed by atoms with Crippen LogP contribution < -0.4 is 51.4 Å². The van der Waals surface area contributed by atoms with Crippen molar-refractivity contribution in [3.05, 3.63) is 35.6 Å². The van der Waals surface area contributed by atoms with E-state index >= 15 is 0 Å². The summed E-state index contributed by atoms with van der Waals surface area (Å²) in [4.78, 5) is 24.2. The Morgan fingerprint density at radius 2 is 1.00 bits per heavy atom. The molecule has 0 aliphatic rings. The van der Waals surface area contributed by atoms with Crippen LogP contribution >= 0.6 is 0 Å². The molecule has 0 radical (unpaired) electrons. The predicted octanol–water partition coefficient (Wildman–Crippen LogP) is -2.73. The molecule has 60 valence electrons. The van der Waals surface area contributed by atoms with Crippen LogP contribution in [0.2, 0.25) is 0 Å². The summed E-state index contributed by atoms with van der Waals surface area (Å²) in [6.45, 7) is 0. The van der Waals surface area contributed by atoms with Crippen LogP contribution in [0.1, 0.15) is 0 Å². The van der Waals surface area contributed by atoms with E-state index in [2.05, 4.69) is 0 Å². The largest absolute Gasteiger partial charge is 1.00 e. The van der Waals surface area contributed by atoms with Gasteiger partial charge in [-0.15, -0.1) is 10.7 Å². The van der Waals surface area contributed by atoms with Crippen molar-refractivity contribution in [2.75, 3.05) is 0 Å². The van der Waals surface area contributed by atoms with Gasteiger partial charge in [0.25, 0.3) is 0 Å². The first-order chi connectivity index (χ1) is 4.56. The quantitative estimate of drug-likeness (QED) is 0.174. The van der Waals surface area contributed by atoms with Crippen LogP contribution in [0.15, 0.2) is 10.7 Å². The minimum Gasteiger partial charge on any atom is -0.444 e. The van der Waals surface area contributed by atoms with Crippen molar-refractivity contribution >= 4 is 0 Å². The van der Waals surface area contributed by atoms with Gasteiger partial charge in [-0.2, -0.15) is 0 Å². The van der Waals surface area contributed by atoms with Crippen molar-refractivity contribution in [2.24, 2.45) is 10.7 Å². The monoisotopic (exact) mass is 193 g/mol. The smallest absolute Gasteiger partial charge is 0.444 e.